The summed E-state index contributed by atoms with van der Waals surface area (Å²) in [6.45, 7) is 0. The standard InChI is InChI=1S/C15H16N6O3/c1-19-11-12(20(2)15(24)21(3)13(11)23)17-14(19)18-16-8-9-6-4-5-7-10(9)22/h4-8,22H,1-3H3,(H,17,18)/b16-8+. The van der Waals surface area contributed by atoms with Gasteiger partial charge in [-0.1, -0.05) is 12.1 Å². The number of phenols is 1. The third-order valence-corrected chi connectivity index (χ3v) is 3.78. The number of nitrogens with zero attached hydrogens (tertiary/aromatic N) is 5. The Morgan fingerprint density at radius 3 is 2.54 bits per heavy atom. The molecule has 124 valence electrons. The van der Waals surface area contributed by atoms with Gasteiger partial charge in [0.25, 0.3) is 5.56 Å². The number of hydrogen-bond acceptors (Lipinski definition) is 6. The predicted octanol–water partition coefficient (Wildman–Crippen LogP) is 0.122. The maximum atomic E-state index is 12.3. The zero-order valence-corrected chi connectivity index (χ0v) is 13.4. The normalized spacial score (nSPS) is 11.5. The van der Waals surface area contributed by atoms with E-state index in [9.17, 15) is 14.7 Å². The van der Waals surface area contributed by atoms with Crippen LogP contribution in [0, 0.1) is 0 Å². The Hall–Kier alpha value is -3.36. The molecule has 0 atom stereocenters. The second-order valence-corrected chi connectivity index (χ2v) is 5.30. The molecule has 0 saturated carbocycles. The summed E-state index contributed by atoms with van der Waals surface area (Å²) in [5.41, 5.74) is 2.93. The number of nitrogens with one attached hydrogen (secondary N) is 1. The number of hydrogen-bond donors (Lipinski definition) is 2. The second-order valence-electron chi connectivity index (χ2n) is 5.30. The first kappa shape index (κ1) is 15.5. The number of phenolic OH excluding ortho intramolecular Hbond substituents is 1. The molecule has 2 heterocycles. The molecule has 9 heteroatoms. The molecule has 3 aromatic rings. The average molecular weight is 328 g/mol. The minimum Gasteiger partial charge on any atom is -0.507 e. The number of aryl methyl sites for hydroxylation is 2. The van der Waals surface area contributed by atoms with Crippen LogP contribution in [-0.2, 0) is 21.1 Å². The first-order chi connectivity index (χ1) is 11.4. The van der Waals surface area contributed by atoms with E-state index in [1.54, 1.807) is 38.4 Å². The lowest BCUT2D eigenvalue weighted by Crippen LogP contribution is -2.37. The molecule has 1 aromatic carbocycles. The Bertz CT molecular complexity index is 1070. The van der Waals surface area contributed by atoms with Gasteiger partial charge in [-0.15, -0.1) is 0 Å². The molecule has 0 amide bonds. The van der Waals surface area contributed by atoms with Gasteiger partial charge in [-0.2, -0.15) is 10.1 Å². The summed E-state index contributed by atoms with van der Waals surface area (Å²) in [6, 6.07) is 6.74. The van der Waals surface area contributed by atoms with Crippen molar-refractivity contribution >= 4 is 23.3 Å². The minimum atomic E-state index is -0.449. The molecule has 24 heavy (non-hydrogen) atoms. The van der Waals surface area contributed by atoms with E-state index in [1.165, 1.54) is 22.4 Å². The molecule has 2 N–H and O–H groups in total. The van der Waals surface area contributed by atoms with Crippen LogP contribution < -0.4 is 16.7 Å². The van der Waals surface area contributed by atoms with Crippen LogP contribution in [0.15, 0.2) is 39.0 Å². The third-order valence-electron chi connectivity index (χ3n) is 3.78. The summed E-state index contributed by atoms with van der Waals surface area (Å²) in [7, 11) is 4.62. The lowest BCUT2D eigenvalue weighted by molar-refractivity contribution is 0.474. The van der Waals surface area contributed by atoms with Gasteiger partial charge in [-0.05, 0) is 12.1 Å². The monoisotopic (exact) mass is 328 g/mol. The zero-order chi connectivity index (χ0) is 17.4. The molecule has 0 aliphatic rings. The highest BCUT2D eigenvalue weighted by atomic mass is 16.3. The van der Waals surface area contributed by atoms with Crippen LogP contribution in [0.5, 0.6) is 5.75 Å². The molecular weight excluding hydrogens is 312 g/mol. The van der Waals surface area contributed by atoms with Gasteiger partial charge in [0.05, 0.1) is 6.21 Å². The number of benzene rings is 1. The Morgan fingerprint density at radius 1 is 1.12 bits per heavy atom. The van der Waals surface area contributed by atoms with Crippen molar-refractivity contribution in [2.45, 2.75) is 0 Å². The summed E-state index contributed by atoms with van der Waals surface area (Å²) < 4.78 is 3.85. The quantitative estimate of drug-likeness (QED) is 0.525. The first-order valence-electron chi connectivity index (χ1n) is 7.11. The van der Waals surface area contributed by atoms with E-state index in [-0.39, 0.29) is 11.4 Å². The Labute approximate surface area is 136 Å². The van der Waals surface area contributed by atoms with E-state index in [1.807, 2.05) is 0 Å². The molecule has 0 saturated heterocycles. The molecule has 0 spiro atoms. The van der Waals surface area contributed by atoms with E-state index in [0.717, 1.165) is 4.57 Å². The minimum absolute atomic E-state index is 0.101. The van der Waals surface area contributed by atoms with Gasteiger partial charge < -0.3 is 9.67 Å². The van der Waals surface area contributed by atoms with Crippen LogP contribution in [0.2, 0.25) is 0 Å². The van der Waals surface area contributed by atoms with Gasteiger partial charge in [0, 0.05) is 26.7 Å². The van der Waals surface area contributed by atoms with Gasteiger partial charge in [0.2, 0.25) is 5.95 Å². The predicted molar refractivity (Wildman–Crippen MR) is 90.5 cm³/mol. The van der Waals surface area contributed by atoms with Gasteiger partial charge >= 0.3 is 5.69 Å². The number of para-hydroxylation sites is 1. The lowest BCUT2D eigenvalue weighted by Gasteiger charge is -2.03. The summed E-state index contributed by atoms with van der Waals surface area (Å²) in [6.07, 6.45) is 1.44. The van der Waals surface area contributed by atoms with Crippen LogP contribution in [0.3, 0.4) is 0 Å². The maximum absolute atomic E-state index is 12.3. The highest BCUT2D eigenvalue weighted by Gasteiger charge is 2.16. The highest BCUT2D eigenvalue weighted by molar-refractivity contribution is 5.83. The van der Waals surface area contributed by atoms with Crippen molar-refractivity contribution in [1.29, 1.82) is 0 Å². The summed E-state index contributed by atoms with van der Waals surface area (Å²) in [5.74, 6) is 0.402. The van der Waals surface area contributed by atoms with Crippen molar-refractivity contribution < 1.29 is 5.11 Å². The molecule has 0 aliphatic heterocycles. The van der Waals surface area contributed by atoms with Crippen LogP contribution in [0.25, 0.3) is 11.2 Å². The number of hydrazone groups is 1. The maximum Gasteiger partial charge on any atom is 0.332 e. The number of fused-ring (bicyclic) bond motifs is 1. The fraction of sp³-hybridized carbons (Fsp3) is 0.200. The molecule has 3 rings (SSSR count). The summed E-state index contributed by atoms with van der Waals surface area (Å²) >= 11 is 0. The molecule has 0 bridgehead atoms. The first-order valence-corrected chi connectivity index (χ1v) is 7.11. The van der Waals surface area contributed by atoms with Crippen LogP contribution in [-0.4, -0.2) is 30.0 Å². The smallest absolute Gasteiger partial charge is 0.332 e. The molecule has 9 nitrogen and oxygen atoms in total. The van der Waals surface area contributed by atoms with Gasteiger partial charge in [0.1, 0.15) is 5.75 Å². The molecule has 0 radical (unpaired) electrons. The topological polar surface area (TPSA) is 106 Å². The van der Waals surface area contributed by atoms with E-state index in [4.69, 9.17) is 0 Å². The number of anilines is 1. The molecule has 0 aliphatic carbocycles. The van der Waals surface area contributed by atoms with Crippen molar-refractivity contribution in [1.82, 2.24) is 18.7 Å². The van der Waals surface area contributed by atoms with Crippen molar-refractivity contribution in [2.75, 3.05) is 5.43 Å². The second kappa shape index (κ2) is 5.69. The lowest BCUT2D eigenvalue weighted by atomic mass is 10.2. The SMILES string of the molecule is Cn1c(=O)c2c(nc(N/N=C/c3ccccc3O)n2C)n(C)c1=O. The van der Waals surface area contributed by atoms with E-state index in [2.05, 4.69) is 15.5 Å². The fourth-order valence-electron chi connectivity index (χ4n) is 2.37. The molecule has 2 aromatic heterocycles. The van der Waals surface area contributed by atoms with Gasteiger partial charge in [-0.3, -0.25) is 13.9 Å². The molecule has 0 unspecified atom stereocenters. The third kappa shape index (κ3) is 2.35. The number of aromatic nitrogens is 4. The average Bonchev–Trinajstić information content (AvgIpc) is 2.90. The highest BCUT2D eigenvalue weighted by Crippen LogP contribution is 2.15. The Balaban J connectivity index is 2.03. The van der Waals surface area contributed by atoms with Crippen LogP contribution in [0.1, 0.15) is 5.56 Å². The largest absolute Gasteiger partial charge is 0.507 e. The zero-order valence-electron chi connectivity index (χ0n) is 13.4. The Kier molecular flexibility index (Phi) is 3.68. The summed E-state index contributed by atoms with van der Waals surface area (Å²) in [4.78, 5) is 28.5. The van der Waals surface area contributed by atoms with Crippen LogP contribution in [0.4, 0.5) is 5.95 Å². The van der Waals surface area contributed by atoms with Gasteiger partial charge in [-0.25, -0.2) is 10.2 Å². The van der Waals surface area contributed by atoms with Crippen LogP contribution >= 0.6 is 0 Å². The van der Waals surface area contributed by atoms with Crippen molar-refractivity contribution in [2.24, 2.45) is 26.2 Å². The molecule has 0 fully saturated rings. The van der Waals surface area contributed by atoms with Gasteiger partial charge in [0.15, 0.2) is 11.2 Å². The summed E-state index contributed by atoms with van der Waals surface area (Å²) in [5, 5.41) is 13.7. The van der Waals surface area contributed by atoms with Crippen molar-refractivity contribution in [3.63, 3.8) is 0 Å². The number of rotatable bonds is 3. The fourth-order valence-corrected chi connectivity index (χ4v) is 2.37. The van der Waals surface area contributed by atoms with E-state index < -0.39 is 11.2 Å². The van der Waals surface area contributed by atoms with E-state index >= 15 is 0 Å². The van der Waals surface area contributed by atoms with Crippen molar-refractivity contribution in [3.05, 3.63) is 50.7 Å². The number of imidazole rings is 1. The molecular formula is C15H16N6O3. The number of aromatic hydroxyl groups is 1. The van der Waals surface area contributed by atoms with E-state index in [0.29, 0.717) is 17.0 Å². The Morgan fingerprint density at radius 2 is 1.83 bits per heavy atom. The van der Waals surface area contributed by atoms with Crippen molar-refractivity contribution in [3.8, 4) is 5.75 Å².